The Bertz CT molecular complexity index is 484. The summed E-state index contributed by atoms with van der Waals surface area (Å²) in [5.74, 6) is 5.60. The lowest BCUT2D eigenvalue weighted by Gasteiger charge is -2.36. The fourth-order valence-corrected chi connectivity index (χ4v) is 2.28. The molecule has 0 spiro atoms. The third-order valence-electron chi connectivity index (χ3n) is 3.49. The van der Waals surface area contributed by atoms with Gasteiger partial charge in [-0.15, -0.1) is 0 Å². The van der Waals surface area contributed by atoms with Crippen molar-refractivity contribution in [2.45, 2.75) is 38.9 Å². The topological polar surface area (TPSA) is 90.4 Å². The molecule has 0 saturated carbocycles. The molecule has 0 saturated heterocycles. The van der Waals surface area contributed by atoms with Crippen LogP contribution in [0, 0.1) is 10.1 Å². The summed E-state index contributed by atoms with van der Waals surface area (Å²) in [6, 6.07) is 4.52. The smallest absolute Gasteiger partial charge is 0.309 e. The number of hydrogen-bond acceptors (Lipinski definition) is 5. The Balaban J connectivity index is 3.21. The monoisotopic (exact) mass is 283 g/mol. The first-order valence-electron chi connectivity index (χ1n) is 6.02. The summed E-state index contributed by atoms with van der Waals surface area (Å²) in [4.78, 5) is 10.6. The second-order valence-corrected chi connectivity index (χ2v) is 10.7. The Morgan fingerprint density at radius 3 is 2.37 bits per heavy atom. The van der Waals surface area contributed by atoms with Crippen molar-refractivity contribution in [3.63, 3.8) is 0 Å². The summed E-state index contributed by atoms with van der Waals surface area (Å²) in [6.07, 6.45) is 0. The fraction of sp³-hybridized carbons (Fsp3) is 0.500. The summed E-state index contributed by atoms with van der Waals surface area (Å²) in [5.41, 5.74) is 3.02. The average molecular weight is 283 g/mol. The van der Waals surface area contributed by atoms with E-state index >= 15 is 0 Å². The van der Waals surface area contributed by atoms with Crippen LogP contribution in [0.4, 0.5) is 11.4 Å². The Kier molecular flexibility index (Phi) is 4.21. The van der Waals surface area contributed by atoms with Gasteiger partial charge < -0.3 is 9.85 Å². The second-order valence-electron chi connectivity index (χ2n) is 5.95. The lowest BCUT2D eigenvalue weighted by Crippen LogP contribution is -2.44. The maximum Gasteiger partial charge on any atom is 0.309 e. The predicted molar refractivity (Wildman–Crippen MR) is 78.7 cm³/mol. The van der Waals surface area contributed by atoms with Crippen LogP contribution in [-0.4, -0.2) is 13.2 Å². The zero-order valence-corrected chi connectivity index (χ0v) is 13.0. The lowest BCUT2D eigenvalue weighted by atomic mass is 10.2. The number of rotatable bonds is 4. The van der Waals surface area contributed by atoms with E-state index in [1.807, 2.05) is 13.1 Å². The van der Waals surface area contributed by atoms with Gasteiger partial charge in [0.1, 0.15) is 0 Å². The first kappa shape index (κ1) is 15.5. The molecule has 1 rings (SSSR count). The van der Waals surface area contributed by atoms with Gasteiger partial charge in [0, 0.05) is 12.1 Å². The second kappa shape index (κ2) is 5.18. The van der Waals surface area contributed by atoms with Crippen molar-refractivity contribution in [1.29, 1.82) is 0 Å². The summed E-state index contributed by atoms with van der Waals surface area (Å²) in [6.45, 7) is 10.3. The number of hydrogen-bond donors (Lipinski definition) is 2. The molecule has 0 radical (unpaired) electrons. The quantitative estimate of drug-likeness (QED) is 0.383. The van der Waals surface area contributed by atoms with Gasteiger partial charge in [-0.2, -0.15) is 0 Å². The van der Waals surface area contributed by atoms with E-state index in [0.29, 0.717) is 5.69 Å². The first-order chi connectivity index (χ1) is 8.58. The zero-order chi connectivity index (χ0) is 14.8. The van der Waals surface area contributed by atoms with Crippen LogP contribution in [-0.2, 0) is 0 Å². The molecule has 0 aliphatic heterocycles. The molecular formula is C12H21N3O3Si. The van der Waals surface area contributed by atoms with Crippen molar-refractivity contribution >= 4 is 19.7 Å². The number of nitro groups is 1. The van der Waals surface area contributed by atoms with Crippen molar-refractivity contribution < 1.29 is 9.35 Å². The van der Waals surface area contributed by atoms with Crippen LogP contribution in [0.25, 0.3) is 0 Å². The number of nitrogens with two attached hydrogens (primary N) is 1. The third-order valence-corrected chi connectivity index (χ3v) is 7.84. The van der Waals surface area contributed by atoms with Gasteiger partial charge in [0.05, 0.1) is 10.6 Å². The highest BCUT2D eigenvalue weighted by Gasteiger charge is 2.40. The van der Waals surface area contributed by atoms with E-state index in [1.165, 1.54) is 6.07 Å². The highest BCUT2D eigenvalue weighted by molar-refractivity contribution is 6.74. The molecule has 0 bridgehead atoms. The molecule has 3 N–H and O–H groups in total. The Morgan fingerprint density at radius 1 is 1.37 bits per heavy atom. The van der Waals surface area contributed by atoms with Gasteiger partial charge in [-0.05, 0) is 24.2 Å². The molecule has 0 heterocycles. The van der Waals surface area contributed by atoms with Crippen LogP contribution in [0.1, 0.15) is 20.8 Å². The van der Waals surface area contributed by atoms with Gasteiger partial charge >= 0.3 is 5.69 Å². The van der Waals surface area contributed by atoms with Gasteiger partial charge in [0.15, 0.2) is 5.75 Å². The Hall–Kier alpha value is -1.60. The van der Waals surface area contributed by atoms with Crippen LogP contribution < -0.4 is 15.7 Å². The molecule has 7 heteroatoms. The van der Waals surface area contributed by atoms with E-state index in [-0.39, 0.29) is 16.5 Å². The van der Waals surface area contributed by atoms with Gasteiger partial charge in [0.25, 0.3) is 8.32 Å². The van der Waals surface area contributed by atoms with Crippen LogP contribution in [0.5, 0.6) is 5.75 Å². The minimum absolute atomic E-state index is 0.0347. The average Bonchev–Trinajstić information content (AvgIpc) is 2.26. The molecule has 0 aliphatic rings. The van der Waals surface area contributed by atoms with E-state index < -0.39 is 13.2 Å². The number of anilines is 1. The summed E-state index contributed by atoms with van der Waals surface area (Å²) in [7, 11) is -2.13. The number of nitrogen functional groups attached to an aromatic ring is 1. The highest BCUT2D eigenvalue weighted by Crippen LogP contribution is 2.40. The molecule has 19 heavy (non-hydrogen) atoms. The Morgan fingerprint density at radius 2 is 1.95 bits per heavy atom. The van der Waals surface area contributed by atoms with Crippen LogP contribution in [0.2, 0.25) is 18.1 Å². The minimum Gasteiger partial charge on any atom is -0.539 e. The van der Waals surface area contributed by atoms with E-state index in [9.17, 15) is 10.1 Å². The first-order valence-corrected chi connectivity index (χ1v) is 8.93. The van der Waals surface area contributed by atoms with Crippen molar-refractivity contribution in [2.24, 2.45) is 5.84 Å². The van der Waals surface area contributed by atoms with Gasteiger partial charge in [0.2, 0.25) is 0 Å². The largest absolute Gasteiger partial charge is 0.539 e. The number of nitro benzene ring substituents is 1. The molecule has 0 aliphatic carbocycles. The standard InChI is InChI=1S/C12H21N3O3Si/c1-12(2,3)19(4,5)18-11-8-9(14-13)6-7-10(11)15(16)17/h6-8,14H,13H2,1-5H3. The van der Waals surface area contributed by atoms with Crippen LogP contribution in [0.3, 0.4) is 0 Å². The van der Waals surface area contributed by atoms with Gasteiger partial charge in [-0.3, -0.25) is 16.0 Å². The molecule has 1 aromatic rings. The van der Waals surface area contributed by atoms with Crippen molar-refractivity contribution in [3.8, 4) is 5.75 Å². The lowest BCUT2D eigenvalue weighted by molar-refractivity contribution is -0.385. The zero-order valence-electron chi connectivity index (χ0n) is 12.0. The fourth-order valence-electron chi connectivity index (χ4n) is 1.26. The predicted octanol–water partition coefficient (Wildman–Crippen LogP) is 3.26. The minimum atomic E-state index is -2.13. The molecular weight excluding hydrogens is 262 g/mol. The Labute approximate surface area is 114 Å². The molecule has 0 amide bonds. The number of nitrogens with one attached hydrogen (secondary N) is 1. The molecule has 6 nitrogen and oxygen atoms in total. The maximum absolute atomic E-state index is 11.0. The van der Waals surface area contributed by atoms with Crippen molar-refractivity contribution in [1.82, 2.24) is 0 Å². The molecule has 1 aromatic carbocycles. The maximum atomic E-state index is 11.0. The highest BCUT2D eigenvalue weighted by atomic mass is 28.4. The van der Waals surface area contributed by atoms with Crippen LogP contribution >= 0.6 is 0 Å². The van der Waals surface area contributed by atoms with E-state index in [2.05, 4.69) is 26.2 Å². The molecule has 0 aromatic heterocycles. The van der Waals surface area contributed by atoms with Gasteiger partial charge in [-0.25, -0.2) is 0 Å². The summed E-state index contributed by atoms with van der Waals surface area (Å²) in [5, 5.41) is 11.0. The molecule has 0 atom stereocenters. The van der Waals surface area contributed by atoms with E-state index in [1.54, 1.807) is 12.1 Å². The molecule has 106 valence electrons. The third kappa shape index (κ3) is 3.45. The van der Waals surface area contributed by atoms with Crippen molar-refractivity contribution in [3.05, 3.63) is 28.3 Å². The molecule has 0 fully saturated rings. The number of nitrogens with zero attached hydrogens (tertiary/aromatic N) is 1. The van der Waals surface area contributed by atoms with Gasteiger partial charge in [-0.1, -0.05) is 20.8 Å². The van der Waals surface area contributed by atoms with E-state index in [0.717, 1.165) is 0 Å². The summed E-state index contributed by atoms with van der Waals surface area (Å²) >= 11 is 0. The number of benzene rings is 1. The SMILES string of the molecule is CC(C)(C)[Si](C)(C)Oc1cc(NN)ccc1[N+](=O)[O-]. The molecule has 0 unspecified atom stereocenters. The van der Waals surface area contributed by atoms with Crippen LogP contribution in [0.15, 0.2) is 18.2 Å². The van der Waals surface area contributed by atoms with Crippen molar-refractivity contribution in [2.75, 3.05) is 5.43 Å². The normalized spacial score (nSPS) is 12.1. The number of hydrazine groups is 1. The summed E-state index contributed by atoms with van der Waals surface area (Å²) < 4.78 is 6.00. The van der Waals surface area contributed by atoms with E-state index in [4.69, 9.17) is 10.3 Å².